The van der Waals surface area contributed by atoms with Crippen LogP contribution in [0.3, 0.4) is 0 Å². The molecular formula is C17H17F3N6O. The first-order chi connectivity index (χ1) is 12.8. The van der Waals surface area contributed by atoms with Crippen molar-refractivity contribution >= 4 is 5.91 Å². The van der Waals surface area contributed by atoms with Gasteiger partial charge in [-0.2, -0.15) is 23.4 Å². The number of aryl methyl sites for hydroxylation is 1. The summed E-state index contributed by atoms with van der Waals surface area (Å²) in [6, 6.07) is 5.78. The van der Waals surface area contributed by atoms with Gasteiger partial charge in [-0.05, 0) is 31.5 Å². The molecule has 2 heterocycles. The van der Waals surface area contributed by atoms with E-state index in [1.54, 1.807) is 23.7 Å². The highest BCUT2D eigenvalue weighted by molar-refractivity contribution is 5.95. The van der Waals surface area contributed by atoms with Crippen molar-refractivity contribution < 1.29 is 18.0 Å². The van der Waals surface area contributed by atoms with E-state index in [2.05, 4.69) is 25.6 Å². The van der Waals surface area contributed by atoms with Gasteiger partial charge in [-0.15, -0.1) is 0 Å². The summed E-state index contributed by atoms with van der Waals surface area (Å²) in [6.07, 6.45) is -1.67. The number of H-pyrrole nitrogens is 1. The van der Waals surface area contributed by atoms with Crippen molar-refractivity contribution in [2.24, 2.45) is 0 Å². The fourth-order valence-electron chi connectivity index (χ4n) is 2.76. The minimum Gasteiger partial charge on any atom is -0.348 e. The van der Waals surface area contributed by atoms with E-state index >= 15 is 0 Å². The van der Waals surface area contributed by atoms with E-state index in [4.69, 9.17) is 0 Å². The van der Waals surface area contributed by atoms with E-state index < -0.39 is 11.9 Å². The van der Waals surface area contributed by atoms with Gasteiger partial charge in [0.15, 0.2) is 5.69 Å². The van der Waals surface area contributed by atoms with Crippen molar-refractivity contribution in [3.05, 3.63) is 53.9 Å². The zero-order chi connectivity index (χ0) is 19.6. The molecule has 0 spiro atoms. The second-order valence-electron chi connectivity index (χ2n) is 6.14. The molecule has 1 aromatic carbocycles. The van der Waals surface area contributed by atoms with Crippen LogP contribution >= 0.6 is 0 Å². The predicted molar refractivity (Wildman–Crippen MR) is 90.7 cm³/mol. The maximum atomic E-state index is 13.2. The summed E-state index contributed by atoms with van der Waals surface area (Å²) >= 11 is 0. The number of benzene rings is 1. The summed E-state index contributed by atoms with van der Waals surface area (Å²) in [5.41, 5.74) is -0.263. The second-order valence-corrected chi connectivity index (χ2v) is 6.14. The quantitative estimate of drug-likeness (QED) is 0.715. The van der Waals surface area contributed by atoms with Crippen LogP contribution < -0.4 is 5.32 Å². The number of nitrogens with zero attached hydrogens (tertiary/aromatic N) is 4. The van der Waals surface area contributed by atoms with Gasteiger partial charge in [-0.3, -0.25) is 14.6 Å². The molecule has 0 aliphatic carbocycles. The van der Waals surface area contributed by atoms with Crippen LogP contribution in [0.15, 0.2) is 36.9 Å². The lowest BCUT2D eigenvalue weighted by Crippen LogP contribution is -2.35. The summed E-state index contributed by atoms with van der Waals surface area (Å²) < 4.78 is 41.1. The van der Waals surface area contributed by atoms with Crippen LogP contribution in [-0.2, 0) is 12.7 Å². The fourth-order valence-corrected chi connectivity index (χ4v) is 2.76. The van der Waals surface area contributed by atoms with Gasteiger partial charge < -0.3 is 5.32 Å². The minimum atomic E-state index is -4.59. The smallest absolute Gasteiger partial charge is 0.348 e. The van der Waals surface area contributed by atoms with Gasteiger partial charge in [-0.25, -0.2) is 4.98 Å². The Hall–Kier alpha value is -3.17. The molecule has 10 heteroatoms. The first-order valence-electron chi connectivity index (χ1n) is 8.11. The first-order valence-corrected chi connectivity index (χ1v) is 8.11. The molecule has 27 heavy (non-hydrogen) atoms. The average molecular weight is 378 g/mol. The Labute approximate surface area is 152 Å². The highest BCUT2D eigenvalue weighted by Gasteiger charge is 2.37. The van der Waals surface area contributed by atoms with Crippen LogP contribution in [0, 0.1) is 6.92 Å². The van der Waals surface area contributed by atoms with Gasteiger partial charge in [0.2, 0.25) is 0 Å². The van der Waals surface area contributed by atoms with E-state index in [0.717, 1.165) is 0 Å². The summed E-state index contributed by atoms with van der Waals surface area (Å²) in [6.45, 7) is 3.72. The monoisotopic (exact) mass is 378 g/mol. The Kier molecular flexibility index (Phi) is 4.98. The molecule has 0 radical (unpaired) electrons. The summed E-state index contributed by atoms with van der Waals surface area (Å²) in [4.78, 5) is 16.3. The molecule has 0 aliphatic rings. The van der Waals surface area contributed by atoms with E-state index in [9.17, 15) is 18.0 Å². The molecule has 0 bridgehead atoms. The molecule has 3 aromatic rings. The fraction of sp³-hybridized carbons (Fsp3) is 0.294. The lowest BCUT2D eigenvalue weighted by atomic mass is 10.0. The summed E-state index contributed by atoms with van der Waals surface area (Å²) in [5, 5.41) is 12.5. The van der Waals surface area contributed by atoms with Crippen LogP contribution in [0.4, 0.5) is 13.2 Å². The Morgan fingerprint density at radius 2 is 2.15 bits per heavy atom. The molecule has 1 unspecified atom stereocenters. The molecule has 0 saturated heterocycles. The van der Waals surface area contributed by atoms with Gasteiger partial charge in [0.05, 0.1) is 6.54 Å². The van der Waals surface area contributed by atoms with E-state index in [1.165, 1.54) is 31.7 Å². The molecule has 2 aromatic heterocycles. The van der Waals surface area contributed by atoms with Gasteiger partial charge in [-0.1, -0.05) is 12.1 Å². The van der Waals surface area contributed by atoms with Crippen LogP contribution in [0.2, 0.25) is 0 Å². The third-order valence-corrected chi connectivity index (χ3v) is 3.93. The van der Waals surface area contributed by atoms with Gasteiger partial charge >= 0.3 is 6.18 Å². The molecule has 142 valence electrons. The third-order valence-electron chi connectivity index (χ3n) is 3.93. The van der Waals surface area contributed by atoms with E-state index in [-0.39, 0.29) is 34.3 Å². The molecule has 3 rings (SSSR count). The summed E-state index contributed by atoms with van der Waals surface area (Å²) in [7, 11) is 0. The van der Waals surface area contributed by atoms with Gasteiger partial charge in [0.25, 0.3) is 5.91 Å². The summed E-state index contributed by atoms with van der Waals surface area (Å²) in [5.74, 6) is -0.390. The van der Waals surface area contributed by atoms with E-state index in [0.29, 0.717) is 6.54 Å². The number of hydrogen-bond acceptors (Lipinski definition) is 4. The number of hydrogen-bond donors (Lipinski definition) is 2. The van der Waals surface area contributed by atoms with Gasteiger partial charge in [0.1, 0.15) is 12.7 Å². The third kappa shape index (κ3) is 4.15. The van der Waals surface area contributed by atoms with Crippen molar-refractivity contribution in [3.63, 3.8) is 0 Å². The minimum absolute atomic E-state index is 0.0622. The van der Waals surface area contributed by atoms with Crippen LogP contribution in [0.5, 0.6) is 0 Å². The number of nitrogens with one attached hydrogen (secondary N) is 2. The molecule has 0 saturated carbocycles. The molecular weight excluding hydrogens is 361 g/mol. The van der Waals surface area contributed by atoms with Crippen molar-refractivity contribution in [1.29, 1.82) is 0 Å². The number of aromatic nitrogens is 5. The Morgan fingerprint density at radius 1 is 1.37 bits per heavy atom. The predicted octanol–water partition coefficient (Wildman–Crippen LogP) is 2.81. The topological polar surface area (TPSA) is 88.5 Å². The number of aromatic amines is 1. The maximum Gasteiger partial charge on any atom is 0.435 e. The molecule has 1 amide bonds. The maximum absolute atomic E-state index is 13.2. The van der Waals surface area contributed by atoms with E-state index in [1.807, 2.05) is 0 Å². The second kappa shape index (κ2) is 7.22. The number of carbonyl (C=O) groups is 1. The molecule has 1 atom stereocenters. The van der Waals surface area contributed by atoms with Crippen molar-refractivity contribution in [1.82, 2.24) is 30.3 Å². The first kappa shape index (κ1) is 18.6. The normalized spacial score (nSPS) is 12.8. The molecule has 2 N–H and O–H groups in total. The Balaban J connectivity index is 1.82. The largest absolute Gasteiger partial charge is 0.435 e. The number of rotatable bonds is 5. The lowest BCUT2D eigenvalue weighted by Gasteiger charge is -2.14. The molecule has 7 nitrogen and oxygen atoms in total. The number of amides is 1. The van der Waals surface area contributed by atoms with Gasteiger partial charge in [0, 0.05) is 22.9 Å². The zero-order valence-corrected chi connectivity index (χ0v) is 14.6. The van der Waals surface area contributed by atoms with Crippen LogP contribution in [-0.4, -0.2) is 36.9 Å². The van der Waals surface area contributed by atoms with Crippen molar-refractivity contribution in [2.45, 2.75) is 32.6 Å². The van der Waals surface area contributed by atoms with Crippen LogP contribution in [0.25, 0.3) is 11.1 Å². The highest BCUT2D eigenvalue weighted by atomic mass is 19.4. The SMILES string of the molecule is Cc1[nH]nc(C(F)(F)F)c1-c1cccc(C(=O)NC(C)Cn2cncn2)c1. The number of alkyl halides is 3. The number of carbonyl (C=O) groups excluding carboxylic acids is 1. The molecule has 0 aliphatic heterocycles. The highest BCUT2D eigenvalue weighted by Crippen LogP contribution is 2.37. The molecule has 0 fully saturated rings. The standard InChI is InChI=1S/C17H17F3N6O/c1-10(7-26-9-21-8-22-26)23-16(27)13-5-3-4-12(6-13)14-11(2)24-25-15(14)17(18,19)20/h3-6,8-10H,7H2,1-2H3,(H,23,27)(H,24,25). The van der Waals surface area contributed by atoms with Crippen LogP contribution in [0.1, 0.15) is 28.7 Å². The Bertz CT molecular complexity index is 933. The lowest BCUT2D eigenvalue weighted by molar-refractivity contribution is -0.140. The Morgan fingerprint density at radius 3 is 2.81 bits per heavy atom. The average Bonchev–Trinajstić information content (AvgIpc) is 3.23. The number of halogens is 3. The zero-order valence-electron chi connectivity index (χ0n) is 14.6. The van der Waals surface area contributed by atoms with Crippen molar-refractivity contribution in [2.75, 3.05) is 0 Å². The van der Waals surface area contributed by atoms with Crippen molar-refractivity contribution in [3.8, 4) is 11.1 Å².